The first-order valence-electron chi connectivity index (χ1n) is 9.34. The SMILES string of the molecule is COc1ccc(OC)c(NC(=O)N2CCN(CCc3ccccc3F)CC2)c1. The number of rotatable bonds is 6. The second kappa shape index (κ2) is 9.41. The fourth-order valence-corrected chi connectivity index (χ4v) is 3.26. The quantitative estimate of drug-likeness (QED) is 0.827. The first-order valence-corrected chi connectivity index (χ1v) is 9.34. The normalized spacial score (nSPS) is 14.6. The van der Waals surface area contributed by atoms with Gasteiger partial charge >= 0.3 is 6.03 Å². The van der Waals surface area contributed by atoms with Gasteiger partial charge in [-0.25, -0.2) is 9.18 Å². The summed E-state index contributed by atoms with van der Waals surface area (Å²) in [6.07, 6.45) is 0.667. The molecule has 1 fully saturated rings. The molecule has 1 aliphatic rings. The Hall–Kier alpha value is -2.80. The summed E-state index contributed by atoms with van der Waals surface area (Å²) in [6.45, 7) is 3.54. The van der Waals surface area contributed by atoms with Gasteiger partial charge in [-0.3, -0.25) is 4.90 Å². The number of ether oxygens (including phenoxy) is 2. The zero-order valence-electron chi connectivity index (χ0n) is 16.3. The minimum absolute atomic E-state index is 0.159. The van der Waals surface area contributed by atoms with Crippen molar-refractivity contribution in [3.63, 3.8) is 0 Å². The highest BCUT2D eigenvalue weighted by Crippen LogP contribution is 2.29. The Morgan fingerprint density at radius 2 is 1.82 bits per heavy atom. The molecule has 0 aromatic heterocycles. The van der Waals surface area contributed by atoms with E-state index in [2.05, 4.69) is 10.2 Å². The summed E-state index contributed by atoms with van der Waals surface area (Å²) in [5.74, 6) is 1.07. The highest BCUT2D eigenvalue weighted by atomic mass is 19.1. The largest absolute Gasteiger partial charge is 0.497 e. The number of methoxy groups -OCH3 is 2. The van der Waals surface area contributed by atoms with Gasteiger partial charge in [0.1, 0.15) is 17.3 Å². The van der Waals surface area contributed by atoms with E-state index in [4.69, 9.17) is 9.47 Å². The lowest BCUT2D eigenvalue weighted by Gasteiger charge is -2.34. The van der Waals surface area contributed by atoms with Crippen LogP contribution in [0, 0.1) is 5.82 Å². The molecule has 1 N–H and O–H groups in total. The van der Waals surface area contributed by atoms with Crippen molar-refractivity contribution >= 4 is 11.7 Å². The first-order chi connectivity index (χ1) is 13.6. The van der Waals surface area contributed by atoms with E-state index in [1.165, 1.54) is 6.07 Å². The van der Waals surface area contributed by atoms with E-state index in [1.54, 1.807) is 43.4 Å². The summed E-state index contributed by atoms with van der Waals surface area (Å²) in [5, 5.41) is 2.90. The molecule has 7 heteroatoms. The first kappa shape index (κ1) is 19.9. The van der Waals surface area contributed by atoms with E-state index in [1.807, 2.05) is 12.1 Å². The van der Waals surface area contributed by atoms with Gasteiger partial charge in [-0.2, -0.15) is 0 Å². The number of nitrogens with one attached hydrogen (secondary N) is 1. The van der Waals surface area contributed by atoms with E-state index in [0.29, 0.717) is 36.7 Å². The van der Waals surface area contributed by atoms with Crippen LogP contribution in [-0.4, -0.2) is 62.8 Å². The molecule has 0 radical (unpaired) electrons. The average Bonchev–Trinajstić information content (AvgIpc) is 2.73. The van der Waals surface area contributed by atoms with Crippen molar-refractivity contribution in [2.45, 2.75) is 6.42 Å². The van der Waals surface area contributed by atoms with Gasteiger partial charge in [-0.1, -0.05) is 18.2 Å². The van der Waals surface area contributed by atoms with Crippen LogP contribution in [0.15, 0.2) is 42.5 Å². The van der Waals surface area contributed by atoms with Crippen LogP contribution in [0.5, 0.6) is 11.5 Å². The lowest BCUT2D eigenvalue weighted by Crippen LogP contribution is -2.50. The molecule has 2 aromatic carbocycles. The number of hydrogen-bond acceptors (Lipinski definition) is 4. The van der Waals surface area contributed by atoms with Gasteiger partial charge in [0.25, 0.3) is 0 Å². The third-order valence-corrected chi connectivity index (χ3v) is 4.96. The predicted octanol–water partition coefficient (Wildman–Crippen LogP) is 3.24. The van der Waals surface area contributed by atoms with Crippen LogP contribution in [0.1, 0.15) is 5.56 Å². The lowest BCUT2D eigenvalue weighted by atomic mass is 10.1. The molecule has 0 aliphatic carbocycles. The van der Waals surface area contributed by atoms with Gasteiger partial charge < -0.3 is 19.7 Å². The molecule has 150 valence electrons. The van der Waals surface area contributed by atoms with E-state index in [-0.39, 0.29) is 11.8 Å². The van der Waals surface area contributed by atoms with Crippen molar-refractivity contribution in [3.8, 4) is 11.5 Å². The Morgan fingerprint density at radius 1 is 1.07 bits per heavy atom. The van der Waals surface area contributed by atoms with Crippen molar-refractivity contribution in [1.82, 2.24) is 9.80 Å². The molecule has 0 spiro atoms. The van der Waals surface area contributed by atoms with Gasteiger partial charge in [0.15, 0.2) is 0 Å². The zero-order valence-corrected chi connectivity index (χ0v) is 16.3. The molecule has 0 atom stereocenters. The Balaban J connectivity index is 1.51. The van der Waals surface area contributed by atoms with Crippen LogP contribution in [0.3, 0.4) is 0 Å². The summed E-state index contributed by atoms with van der Waals surface area (Å²) in [4.78, 5) is 16.6. The van der Waals surface area contributed by atoms with Crippen molar-refractivity contribution in [1.29, 1.82) is 0 Å². The third-order valence-electron chi connectivity index (χ3n) is 4.96. The number of nitrogens with zero attached hydrogens (tertiary/aromatic N) is 2. The molecule has 2 amide bonds. The molecule has 1 saturated heterocycles. The number of halogens is 1. The molecule has 0 saturated carbocycles. The molecule has 0 bridgehead atoms. The number of piperazine rings is 1. The fourth-order valence-electron chi connectivity index (χ4n) is 3.26. The minimum Gasteiger partial charge on any atom is -0.497 e. The van der Waals surface area contributed by atoms with Crippen LogP contribution in [0.2, 0.25) is 0 Å². The van der Waals surface area contributed by atoms with Crippen LogP contribution >= 0.6 is 0 Å². The number of amides is 2. The highest BCUT2D eigenvalue weighted by Gasteiger charge is 2.22. The number of benzene rings is 2. The van der Waals surface area contributed by atoms with Crippen LogP contribution in [0.4, 0.5) is 14.9 Å². The number of anilines is 1. The topological polar surface area (TPSA) is 54.0 Å². The number of hydrogen-bond donors (Lipinski definition) is 1. The number of carbonyl (C=O) groups excluding carboxylic acids is 1. The summed E-state index contributed by atoms with van der Waals surface area (Å²) >= 11 is 0. The summed E-state index contributed by atoms with van der Waals surface area (Å²) < 4.78 is 24.3. The Bertz CT molecular complexity index is 807. The minimum atomic E-state index is -0.166. The second-order valence-corrected chi connectivity index (χ2v) is 6.67. The van der Waals surface area contributed by atoms with E-state index in [9.17, 15) is 9.18 Å². The third kappa shape index (κ3) is 4.92. The molecular formula is C21H26FN3O3. The Morgan fingerprint density at radius 3 is 2.50 bits per heavy atom. The van der Waals surface area contributed by atoms with E-state index >= 15 is 0 Å². The van der Waals surface area contributed by atoms with Crippen LogP contribution in [-0.2, 0) is 6.42 Å². The Kier molecular flexibility index (Phi) is 6.71. The van der Waals surface area contributed by atoms with Gasteiger partial charge in [0.05, 0.1) is 19.9 Å². The molecule has 3 rings (SSSR count). The molecule has 1 heterocycles. The highest BCUT2D eigenvalue weighted by molar-refractivity contribution is 5.91. The number of carbonyl (C=O) groups is 1. The molecule has 1 aliphatic heterocycles. The molecule has 6 nitrogen and oxygen atoms in total. The maximum absolute atomic E-state index is 13.7. The maximum atomic E-state index is 13.7. The summed E-state index contributed by atoms with van der Waals surface area (Å²) in [5.41, 5.74) is 1.31. The molecule has 2 aromatic rings. The van der Waals surface area contributed by atoms with E-state index < -0.39 is 0 Å². The van der Waals surface area contributed by atoms with Gasteiger partial charge in [-0.15, -0.1) is 0 Å². The van der Waals surface area contributed by atoms with Crippen molar-refractivity contribution in [2.24, 2.45) is 0 Å². The Labute approximate surface area is 164 Å². The molecule has 28 heavy (non-hydrogen) atoms. The van der Waals surface area contributed by atoms with Crippen molar-refractivity contribution < 1.29 is 18.7 Å². The van der Waals surface area contributed by atoms with Gasteiger partial charge in [-0.05, 0) is 30.2 Å². The fraction of sp³-hybridized carbons (Fsp3) is 0.381. The number of urea groups is 1. The predicted molar refractivity (Wildman–Crippen MR) is 107 cm³/mol. The summed E-state index contributed by atoms with van der Waals surface area (Å²) in [6, 6.07) is 12.0. The van der Waals surface area contributed by atoms with E-state index in [0.717, 1.165) is 25.2 Å². The van der Waals surface area contributed by atoms with Gasteiger partial charge in [0, 0.05) is 38.8 Å². The smallest absolute Gasteiger partial charge is 0.322 e. The van der Waals surface area contributed by atoms with Crippen molar-refractivity contribution in [3.05, 3.63) is 53.8 Å². The summed E-state index contributed by atoms with van der Waals surface area (Å²) in [7, 11) is 3.14. The molecule has 0 unspecified atom stereocenters. The standard InChI is InChI=1S/C21H26FN3O3/c1-27-17-7-8-20(28-2)19(15-17)23-21(26)25-13-11-24(12-14-25)10-9-16-5-3-4-6-18(16)22/h3-8,15H,9-14H2,1-2H3,(H,23,26). The van der Waals surface area contributed by atoms with Crippen molar-refractivity contribution in [2.75, 3.05) is 52.3 Å². The lowest BCUT2D eigenvalue weighted by molar-refractivity contribution is 0.148. The van der Waals surface area contributed by atoms with Crippen LogP contribution < -0.4 is 14.8 Å². The maximum Gasteiger partial charge on any atom is 0.322 e. The second-order valence-electron chi connectivity index (χ2n) is 6.67. The molecular weight excluding hydrogens is 361 g/mol. The monoisotopic (exact) mass is 387 g/mol. The van der Waals surface area contributed by atoms with Crippen LogP contribution in [0.25, 0.3) is 0 Å². The zero-order chi connectivity index (χ0) is 19.9. The average molecular weight is 387 g/mol. The van der Waals surface area contributed by atoms with Gasteiger partial charge in [0.2, 0.25) is 0 Å².